The van der Waals surface area contributed by atoms with Crippen LogP contribution in [-0.4, -0.2) is 36.1 Å². The van der Waals surface area contributed by atoms with Crippen LogP contribution in [0.2, 0.25) is 0 Å². The monoisotopic (exact) mass is 300 g/mol. The molecule has 0 amide bonds. The van der Waals surface area contributed by atoms with E-state index in [-0.39, 0.29) is 23.7 Å². The number of hydrogen-bond acceptors (Lipinski definition) is 5. The maximum absolute atomic E-state index is 13.7. The van der Waals surface area contributed by atoms with Crippen molar-refractivity contribution in [3.63, 3.8) is 0 Å². The lowest BCUT2D eigenvalue weighted by Crippen LogP contribution is -2.14. The molecule has 0 radical (unpaired) electrons. The summed E-state index contributed by atoms with van der Waals surface area (Å²) in [5, 5.41) is -0.455. The van der Waals surface area contributed by atoms with Gasteiger partial charge in [0.25, 0.3) is 0 Å². The molecule has 0 saturated heterocycles. The first kappa shape index (κ1) is 14.4. The summed E-state index contributed by atoms with van der Waals surface area (Å²) in [7, 11) is -3.77. The van der Waals surface area contributed by atoms with Crippen LogP contribution in [0.15, 0.2) is 23.4 Å². The van der Waals surface area contributed by atoms with E-state index >= 15 is 0 Å². The zero-order valence-electron chi connectivity index (χ0n) is 11.0. The number of rotatable bonds is 4. The highest BCUT2D eigenvalue weighted by Crippen LogP contribution is 2.21. The van der Waals surface area contributed by atoms with E-state index in [1.807, 2.05) is 0 Å². The predicted octanol–water partition coefficient (Wildman–Crippen LogP) is 1.44. The zero-order chi connectivity index (χ0) is 14.9. The first-order chi connectivity index (χ1) is 9.42. The summed E-state index contributed by atoms with van der Waals surface area (Å²) < 4.78 is 43.6. The topological polar surface area (TPSA) is 77.7 Å². The normalized spacial score (nSPS) is 11.8. The summed E-state index contributed by atoms with van der Waals surface area (Å²) in [5.74, 6) is -1.81. The van der Waals surface area contributed by atoms with Gasteiger partial charge < -0.3 is 4.74 Å². The first-order valence-electron chi connectivity index (χ1n) is 5.98. The van der Waals surface area contributed by atoms with Crippen LogP contribution < -0.4 is 0 Å². The summed E-state index contributed by atoms with van der Waals surface area (Å²) in [4.78, 5) is 15.7. The van der Waals surface area contributed by atoms with Gasteiger partial charge in [-0.25, -0.2) is 22.6 Å². The van der Waals surface area contributed by atoms with E-state index in [0.717, 1.165) is 10.5 Å². The maximum Gasteiger partial charge on any atom is 0.358 e. The molecule has 6 nitrogen and oxygen atoms in total. The number of nitrogens with zero attached hydrogens (tertiary/aromatic N) is 2. The second-order valence-corrected chi connectivity index (χ2v) is 6.13. The fourth-order valence-electron chi connectivity index (χ4n) is 1.75. The number of imidazole rings is 1. The quantitative estimate of drug-likeness (QED) is 0.798. The SMILES string of the molecule is CCOC(=O)c1c(S(=O)(=O)CC)nc2c(F)cccn12. The molecule has 108 valence electrons. The molecule has 0 aromatic carbocycles. The molecule has 2 aromatic heterocycles. The Balaban J connectivity index is 2.83. The van der Waals surface area contributed by atoms with Crippen LogP contribution in [0.25, 0.3) is 5.65 Å². The van der Waals surface area contributed by atoms with Crippen molar-refractivity contribution in [3.05, 3.63) is 29.8 Å². The Morgan fingerprint density at radius 1 is 1.45 bits per heavy atom. The molecule has 0 aliphatic rings. The standard InChI is InChI=1S/C12H13FN2O4S/c1-3-19-12(16)9-11(20(17,18)4-2)14-10-8(13)6-5-7-15(9)10/h5-7H,3-4H2,1-2H3. The molecule has 2 heterocycles. The third-order valence-corrected chi connectivity index (χ3v) is 4.35. The molecule has 0 bridgehead atoms. The number of esters is 1. The van der Waals surface area contributed by atoms with Gasteiger partial charge in [0.1, 0.15) is 0 Å². The maximum atomic E-state index is 13.7. The van der Waals surface area contributed by atoms with Crippen LogP contribution in [0.5, 0.6) is 0 Å². The number of carbonyl (C=O) groups excluding carboxylic acids is 1. The van der Waals surface area contributed by atoms with Crippen molar-refractivity contribution < 1.29 is 22.3 Å². The molecule has 20 heavy (non-hydrogen) atoms. The third-order valence-electron chi connectivity index (χ3n) is 2.71. The van der Waals surface area contributed by atoms with Gasteiger partial charge in [0.05, 0.1) is 12.4 Å². The van der Waals surface area contributed by atoms with Gasteiger partial charge in [-0.05, 0) is 19.1 Å². The van der Waals surface area contributed by atoms with Gasteiger partial charge in [-0.15, -0.1) is 0 Å². The van der Waals surface area contributed by atoms with Crippen molar-refractivity contribution in [1.29, 1.82) is 0 Å². The molecule has 2 rings (SSSR count). The summed E-state index contributed by atoms with van der Waals surface area (Å²) in [6.07, 6.45) is 1.37. The van der Waals surface area contributed by atoms with Gasteiger partial charge in [0, 0.05) is 6.20 Å². The van der Waals surface area contributed by atoms with Crippen molar-refractivity contribution >= 4 is 21.5 Å². The Kier molecular flexibility index (Phi) is 3.76. The molecule has 0 N–H and O–H groups in total. The lowest BCUT2D eigenvalue weighted by atomic mass is 10.4. The summed E-state index contributed by atoms with van der Waals surface area (Å²) in [6, 6.07) is 2.49. The number of aromatic nitrogens is 2. The number of halogens is 1. The average Bonchev–Trinajstić information content (AvgIpc) is 2.80. The molecule has 0 aliphatic carbocycles. The lowest BCUT2D eigenvalue weighted by Gasteiger charge is -2.04. The zero-order valence-corrected chi connectivity index (χ0v) is 11.8. The van der Waals surface area contributed by atoms with Gasteiger partial charge in [-0.1, -0.05) is 6.92 Å². The number of ether oxygens (including phenoxy) is 1. The summed E-state index contributed by atoms with van der Waals surface area (Å²) >= 11 is 0. The van der Waals surface area contributed by atoms with Crippen molar-refractivity contribution in [2.45, 2.75) is 18.9 Å². The van der Waals surface area contributed by atoms with Crippen LogP contribution in [0.1, 0.15) is 24.3 Å². The largest absolute Gasteiger partial charge is 0.461 e. The second kappa shape index (κ2) is 5.20. The number of sulfone groups is 1. The van der Waals surface area contributed by atoms with Crippen molar-refractivity contribution in [2.24, 2.45) is 0 Å². The molecule has 0 fully saturated rings. The van der Waals surface area contributed by atoms with Crippen LogP contribution in [-0.2, 0) is 14.6 Å². The highest BCUT2D eigenvalue weighted by molar-refractivity contribution is 7.91. The fourth-order valence-corrected chi connectivity index (χ4v) is 2.73. The van der Waals surface area contributed by atoms with Gasteiger partial charge in [-0.3, -0.25) is 4.40 Å². The van der Waals surface area contributed by atoms with E-state index in [9.17, 15) is 17.6 Å². The molecular weight excluding hydrogens is 287 g/mol. The molecule has 0 saturated carbocycles. The Labute approximate surface area is 115 Å². The number of hydrogen-bond donors (Lipinski definition) is 0. The van der Waals surface area contributed by atoms with E-state index < -0.39 is 26.6 Å². The minimum absolute atomic E-state index is 0.0764. The molecular formula is C12H13FN2O4S. The molecule has 0 unspecified atom stereocenters. The van der Waals surface area contributed by atoms with Crippen LogP contribution >= 0.6 is 0 Å². The molecule has 0 atom stereocenters. The summed E-state index contributed by atoms with van der Waals surface area (Å²) in [5.41, 5.74) is -0.495. The first-order valence-corrected chi connectivity index (χ1v) is 7.64. The third kappa shape index (κ3) is 2.26. The number of fused-ring (bicyclic) bond motifs is 1. The Morgan fingerprint density at radius 2 is 2.15 bits per heavy atom. The average molecular weight is 300 g/mol. The van der Waals surface area contributed by atoms with Crippen molar-refractivity contribution in [1.82, 2.24) is 9.38 Å². The second-order valence-electron chi connectivity index (χ2n) is 3.94. The van der Waals surface area contributed by atoms with Gasteiger partial charge in [0.2, 0.25) is 0 Å². The van der Waals surface area contributed by atoms with Crippen LogP contribution in [0.4, 0.5) is 4.39 Å². The van der Waals surface area contributed by atoms with Crippen molar-refractivity contribution in [3.8, 4) is 0 Å². The minimum Gasteiger partial charge on any atom is -0.461 e. The molecule has 0 aliphatic heterocycles. The molecule has 2 aromatic rings. The van der Waals surface area contributed by atoms with E-state index in [0.29, 0.717) is 0 Å². The molecule has 0 spiro atoms. The summed E-state index contributed by atoms with van der Waals surface area (Å²) in [6.45, 7) is 3.09. The molecule has 8 heteroatoms. The van der Waals surface area contributed by atoms with E-state index in [2.05, 4.69) is 4.98 Å². The van der Waals surface area contributed by atoms with E-state index in [4.69, 9.17) is 4.74 Å². The van der Waals surface area contributed by atoms with E-state index in [1.165, 1.54) is 19.2 Å². The Hall–Kier alpha value is -1.96. The fraction of sp³-hybridized carbons (Fsp3) is 0.333. The number of carbonyl (C=O) groups is 1. The van der Waals surface area contributed by atoms with Crippen molar-refractivity contribution in [2.75, 3.05) is 12.4 Å². The highest BCUT2D eigenvalue weighted by atomic mass is 32.2. The van der Waals surface area contributed by atoms with Gasteiger partial charge >= 0.3 is 5.97 Å². The smallest absolute Gasteiger partial charge is 0.358 e. The van der Waals surface area contributed by atoms with Gasteiger partial charge in [0.15, 0.2) is 32.0 Å². The van der Waals surface area contributed by atoms with E-state index in [1.54, 1.807) is 6.92 Å². The lowest BCUT2D eigenvalue weighted by molar-refractivity contribution is 0.0513. The van der Waals surface area contributed by atoms with Crippen LogP contribution in [0.3, 0.4) is 0 Å². The Morgan fingerprint density at radius 3 is 2.75 bits per heavy atom. The minimum atomic E-state index is -3.77. The van der Waals surface area contributed by atoms with Gasteiger partial charge in [-0.2, -0.15) is 0 Å². The highest BCUT2D eigenvalue weighted by Gasteiger charge is 2.29. The predicted molar refractivity (Wildman–Crippen MR) is 68.8 cm³/mol. The Bertz CT molecular complexity index is 767. The van der Waals surface area contributed by atoms with Crippen LogP contribution in [0, 0.1) is 5.82 Å². The number of pyridine rings is 1.